The van der Waals surface area contributed by atoms with Crippen LogP contribution >= 0.6 is 0 Å². The fourth-order valence-electron chi connectivity index (χ4n) is 3.96. The molecule has 4 aromatic rings. The van der Waals surface area contributed by atoms with Crippen molar-refractivity contribution in [2.24, 2.45) is 5.92 Å². The van der Waals surface area contributed by atoms with Gasteiger partial charge in [0.25, 0.3) is 0 Å². The molecule has 8 nitrogen and oxygen atoms in total. The van der Waals surface area contributed by atoms with Crippen molar-refractivity contribution >= 4 is 28.3 Å². The molecule has 26 heavy (non-hydrogen) atoms. The van der Waals surface area contributed by atoms with Crippen molar-refractivity contribution in [3.05, 3.63) is 42.9 Å². The average molecular weight is 348 g/mol. The van der Waals surface area contributed by atoms with Gasteiger partial charge in [0.15, 0.2) is 5.65 Å². The maximum atomic E-state index is 5.58. The van der Waals surface area contributed by atoms with E-state index in [-0.39, 0.29) is 0 Å². The van der Waals surface area contributed by atoms with Crippen LogP contribution in [0.2, 0.25) is 0 Å². The predicted octanol–water partition coefficient (Wildman–Crippen LogP) is 2.58. The molecular weight excluding hydrogens is 328 g/mol. The molecule has 0 spiro atoms. The fraction of sp³-hybridized carbons (Fsp3) is 0.333. The lowest BCUT2D eigenvalue weighted by Gasteiger charge is -2.13. The Morgan fingerprint density at radius 1 is 1.12 bits per heavy atom. The largest absolute Gasteiger partial charge is 0.382 e. The molecule has 0 bridgehead atoms. The van der Waals surface area contributed by atoms with Crippen LogP contribution in [-0.4, -0.2) is 35.9 Å². The molecule has 5 rings (SSSR count). The number of anilines is 2. The molecule has 0 saturated heterocycles. The van der Waals surface area contributed by atoms with E-state index in [4.69, 9.17) is 10.7 Å². The molecule has 4 heterocycles. The number of nitrogens with zero attached hydrogens (tertiary/aromatic N) is 5. The lowest BCUT2D eigenvalue weighted by atomic mass is 10.0. The number of aromatic amines is 1. The van der Waals surface area contributed by atoms with Crippen LogP contribution in [0, 0.1) is 5.92 Å². The molecule has 1 saturated carbocycles. The summed E-state index contributed by atoms with van der Waals surface area (Å²) in [7, 11) is 0. The lowest BCUT2D eigenvalue weighted by Crippen LogP contribution is -2.13. The number of rotatable bonds is 4. The quantitative estimate of drug-likeness (QED) is 0.523. The topological polar surface area (TPSA) is 110 Å². The highest BCUT2D eigenvalue weighted by molar-refractivity contribution is 5.75. The van der Waals surface area contributed by atoms with Gasteiger partial charge in [-0.3, -0.25) is 4.40 Å². The summed E-state index contributed by atoms with van der Waals surface area (Å²) in [4.78, 5) is 20.7. The van der Waals surface area contributed by atoms with Gasteiger partial charge in [-0.2, -0.15) is 0 Å². The number of aromatic nitrogens is 6. The fourth-order valence-corrected chi connectivity index (χ4v) is 3.96. The average Bonchev–Trinajstić information content (AvgIpc) is 3.38. The summed E-state index contributed by atoms with van der Waals surface area (Å²) in [6.07, 6.45) is 12.4. The number of nitrogens with one attached hydrogen (secondary N) is 2. The van der Waals surface area contributed by atoms with Crippen LogP contribution in [0.15, 0.2) is 37.1 Å². The Hall–Kier alpha value is -3.16. The first kappa shape index (κ1) is 15.1. The molecule has 0 radical (unpaired) electrons. The van der Waals surface area contributed by atoms with Crippen molar-refractivity contribution in [3.63, 3.8) is 0 Å². The Labute approximate surface area is 149 Å². The van der Waals surface area contributed by atoms with E-state index < -0.39 is 0 Å². The number of nitrogens with two attached hydrogens (primary N) is 1. The monoisotopic (exact) mass is 348 g/mol. The Kier molecular flexibility index (Phi) is 3.48. The minimum atomic E-state index is 0.438. The minimum Gasteiger partial charge on any atom is -0.382 e. The third-order valence-corrected chi connectivity index (χ3v) is 5.24. The molecule has 0 unspecified atom stereocenters. The third-order valence-electron chi connectivity index (χ3n) is 5.24. The maximum absolute atomic E-state index is 5.58. The van der Waals surface area contributed by atoms with E-state index in [1.165, 1.54) is 6.42 Å². The number of hydrogen-bond acceptors (Lipinski definition) is 6. The summed E-state index contributed by atoms with van der Waals surface area (Å²) in [6.45, 7) is 0.888. The van der Waals surface area contributed by atoms with Gasteiger partial charge in [-0.1, -0.05) is 0 Å². The molecule has 8 heteroatoms. The number of fused-ring (bicyclic) bond motifs is 3. The van der Waals surface area contributed by atoms with Gasteiger partial charge in [-0.15, -0.1) is 0 Å². The first-order valence-corrected chi connectivity index (χ1v) is 8.89. The molecule has 0 amide bonds. The standard InChI is InChI=1S/C18H20N8/c19-15-9-23-16(10-21-15)22-6-11-1-2-12(5-11)18-25-8-13-7-24-17-14(26(13)18)3-4-20-17/h3-4,7-12,20H,1-2,5-6H2,(H2,19,21)(H,22,23)/t11-,12+/m0/s1. The van der Waals surface area contributed by atoms with Gasteiger partial charge in [-0.25, -0.2) is 19.9 Å². The van der Waals surface area contributed by atoms with Crippen LogP contribution in [0.3, 0.4) is 0 Å². The van der Waals surface area contributed by atoms with E-state index in [9.17, 15) is 0 Å². The number of nitrogen functional groups attached to an aromatic ring is 1. The van der Waals surface area contributed by atoms with Crippen molar-refractivity contribution in [1.29, 1.82) is 0 Å². The van der Waals surface area contributed by atoms with Crippen LogP contribution in [0.4, 0.5) is 11.6 Å². The van der Waals surface area contributed by atoms with Gasteiger partial charge in [0.05, 0.1) is 35.8 Å². The van der Waals surface area contributed by atoms with Crippen molar-refractivity contribution in [3.8, 4) is 0 Å². The SMILES string of the molecule is Nc1cnc(NC[C@H]2CC[C@@H](c3ncc4cnc5[nH]ccc5n34)C2)cn1. The van der Waals surface area contributed by atoms with Crippen molar-refractivity contribution in [1.82, 2.24) is 29.3 Å². The van der Waals surface area contributed by atoms with E-state index in [1.54, 1.807) is 12.4 Å². The lowest BCUT2D eigenvalue weighted by molar-refractivity contribution is 0.559. The second-order valence-electron chi connectivity index (χ2n) is 6.93. The highest BCUT2D eigenvalue weighted by Crippen LogP contribution is 2.38. The van der Waals surface area contributed by atoms with Crippen molar-refractivity contribution in [2.45, 2.75) is 25.2 Å². The molecule has 0 aromatic carbocycles. The van der Waals surface area contributed by atoms with Crippen LogP contribution in [0.25, 0.3) is 16.7 Å². The summed E-state index contributed by atoms with van der Waals surface area (Å²) in [5.41, 5.74) is 8.61. The van der Waals surface area contributed by atoms with Gasteiger partial charge >= 0.3 is 0 Å². The zero-order valence-corrected chi connectivity index (χ0v) is 14.3. The molecule has 1 aliphatic carbocycles. The molecule has 1 fully saturated rings. The number of hydrogen-bond donors (Lipinski definition) is 3. The van der Waals surface area contributed by atoms with Crippen LogP contribution in [0.5, 0.6) is 0 Å². The molecule has 4 N–H and O–H groups in total. The molecule has 132 valence electrons. The normalized spacial score (nSPS) is 20.2. The summed E-state index contributed by atoms with van der Waals surface area (Å²) in [5, 5.41) is 3.37. The highest BCUT2D eigenvalue weighted by atomic mass is 15.1. The van der Waals surface area contributed by atoms with E-state index in [0.29, 0.717) is 17.7 Å². The molecule has 4 aromatic heterocycles. The zero-order chi connectivity index (χ0) is 17.5. The number of imidazole rings is 1. The van der Waals surface area contributed by atoms with Gasteiger partial charge in [0.1, 0.15) is 17.5 Å². The maximum Gasteiger partial charge on any atom is 0.154 e. The first-order valence-electron chi connectivity index (χ1n) is 8.89. The highest BCUT2D eigenvalue weighted by Gasteiger charge is 2.29. The van der Waals surface area contributed by atoms with Crippen LogP contribution < -0.4 is 11.1 Å². The second kappa shape index (κ2) is 5.98. The summed E-state index contributed by atoms with van der Waals surface area (Å²) >= 11 is 0. The van der Waals surface area contributed by atoms with Crippen molar-refractivity contribution < 1.29 is 0 Å². The van der Waals surface area contributed by atoms with Crippen molar-refractivity contribution in [2.75, 3.05) is 17.6 Å². The van der Waals surface area contributed by atoms with Gasteiger partial charge in [0.2, 0.25) is 0 Å². The van der Waals surface area contributed by atoms with Crippen LogP contribution in [-0.2, 0) is 0 Å². The number of H-pyrrole nitrogens is 1. The summed E-state index contributed by atoms with van der Waals surface area (Å²) in [6, 6.07) is 2.06. The van der Waals surface area contributed by atoms with Gasteiger partial charge in [-0.05, 0) is 31.2 Å². The Morgan fingerprint density at radius 2 is 2.04 bits per heavy atom. The van der Waals surface area contributed by atoms with Gasteiger partial charge in [0, 0.05) is 18.7 Å². The third kappa shape index (κ3) is 2.54. The molecule has 0 aliphatic heterocycles. The van der Waals surface area contributed by atoms with Gasteiger partial charge < -0.3 is 16.0 Å². The Balaban J connectivity index is 1.33. The summed E-state index contributed by atoms with van der Waals surface area (Å²) < 4.78 is 2.24. The van der Waals surface area contributed by atoms with E-state index in [2.05, 4.69) is 35.7 Å². The zero-order valence-electron chi connectivity index (χ0n) is 14.3. The minimum absolute atomic E-state index is 0.438. The molecule has 2 atom stereocenters. The Bertz CT molecular complexity index is 1050. The van der Waals surface area contributed by atoms with E-state index >= 15 is 0 Å². The van der Waals surface area contributed by atoms with E-state index in [0.717, 1.165) is 47.7 Å². The smallest absolute Gasteiger partial charge is 0.154 e. The van der Waals surface area contributed by atoms with Crippen LogP contribution in [0.1, 0.15) is 31.0 Å². The Morgan fingerprint density at radius 3 is 2.92 bits per heavy atom. The first-order chi connectivity index (χ1) is 12.8. The molecular formula is C18H20N8. The van der Waals surface area contributed by atoms with E-state index in [1.807, 2.05) is 18.6 Å². The molecule has 1 aliphatic rings. The second-order valence-corrected chi connectivity index (χ2v) is 6.93. The predicted molar refractivity (Wildman–Crippen MR) is 99.9 cm³/mol. The summed E-state index contributed by atoms with van der Waals surface area (Å²) in [5.74, 6) is 3.40.